The number of aromatic amines is 1. The van der Waals surface area contributed by atoms with E-state index in [2.05, 4.69) is 35.6 Å². The highest BCUT2D eigenvalue weighted by molar-refractivity contribution is 6.02. The lowest BCUT2D eigenvalue weighted by atomic mass is 10.2. The second-order valence-electron chi connectivity index (χ2n) is 6.59. The lowest BCUT2D eigenvalue weighted by molar-refractivity contribution is 0.101. The van der Waals surface area contributed by atoms with Gasteiger partial charge in [-0.05, 0) is 38.0 Å². The number of hydrogen-bond acceptors (Lipinski definition) is 6. The predicted molar refractivity (Wildman–Crippen MR) is 97.3 cm³/mol. The standard InChI is InChI=1S/C18H16N8O/c1-10-7-8-19-18-22-16(25-26(10)18)17(27)20-13-4-2-3-12(9-13)15-21-14(23-24-15)11-5-6-11/h2-4,7-9,11H,5-6H2,1H3,(H,20,27)(H,21,23,24). The Bertz CT molecular complexity index is 1160. The zero-order valence-corrected chi connectivity index (χ0v) is 14.5. The van der Waals surface area contributed by atoms with Crippen LogP contribution in [0.15, 0.2) is 36.5 Å². The number of carbonyl (C=O) groups is 1. The minimum Gasteiger partial charge on any atom is -0.319 e. The molecule has 1 amide bonds. The van der Waals surface area contributed by atoms with Crippen LogP contribution in [-0.2, 0) is 0 Å². The molecule has 0 aliphatic heterocycles. The lowest BCUT2D eigenvalue weighted by Crippen LogP contribution is -2.14. The molecule has 9 heteroatoms. The van der Waals surface area contributed by atoms with Gasteiger partial charge in [0, 0.05) is 29.1 Å². The maximum absolute atomic E-state index is 12.5. The number of anilines is 1. The summed E-state index contributed by atoms with van der Waals surface area (Å²) in [6, 6.07) is 9.19. The SMILES string of the molecule is Cc1ccnc2nc(C(=O)Nc3cccc(-c4n[nH]c(C5CC5)n4)c3)nn12. The molecule has 1 saturated carbocycles. The van der Waals surface area contributed by atoms with Crippen LogP contribution in [0.3, 0.4) is 0 Å². The van der Waals surface area contributed by atoms with Crippen molar-refractivity contribution in [2.24, 2.45) is 0 Å². The third-order valence-electron chi connectivity index (χ3n) is 4.48. The van der Waals surface area contributed by atoms with E-state index in [0.29, 0.717) is 23.2 Å². The van der Waals surface area contributed by atoms with Gasteiger partial charge in [0.15, 0.2) is 5.82 Å². The molecule has 1 aliphatic rings. The van der Waals surface area contributed by atoms with E-state index in [0.717, 1.165) is 29.9 Å². The molecule has 4 aromatic rings. The van der Waals surface area contributed by atoms with Crippen LogP contribution in [0.5, 0.6) is 0 Å². The molecule has 3 heterocycles. The Morgan fingerprint density at radius 3 is 2.96 bits per heavy atom. The molecule has 2 N–H and O–H groups in total. The minimum atomic E-state index is -0.397. The fourth-order valence-corrected chi connectivity index (χ4v) is 2.87. The van der Waals surface area contributed by atoms with Crippen LogP contribution < -0.4 is 5.32 Å². The summed E-state index contributed by atoms with van der Waals surface area (Å²) >= 11 is 0. The molecule has 0 bridgehead atoms. The van der Waals surface area contributed by atoms with Gasteiger partial charge in [-0.15, -0.1) is 5.10 Å². The Hall–Kier alpha value is -3.62. The van der Waals surface area contributed by atoms with Crippen molar-refractivity contribution in [1.82, 2.24) is 34.8 Å². The first-order valence-corrected chi connectivity index (χ1v) is 8.70. The second kappa shape index (κ2) is 5.97. The van der Waals surface area contributed by atoms with Gasteiger partial charge >= 0.3 is 0 Å². The van der Waals surface area contributed by atoms with Crippen LogP contribution >= 0.6 is 0 Å². The van der Waals surface area contributed by atoms with Gasteiger partial charge in [-0.2, -0.15) is 10.1 Å². The summed E-state index contributed by atoms with van der Waals surface area (Å²) in [5.74, 6) is 2.12. The van der Waals surface area contributed by atoms with E-state index >= 15 is 0 Å². The number of fused-ring (bicyclic) bond motifs is 1. The Labute approximate surface area is 153 Å². The number of aryl methyl sites for hydroxylation is 1. The maximum Gasteiger partial charge on any atom is 0.295 e. The number of amides is 1. The highest BCUT2D eigenvalue weighted by Crippen LogP contribution is 2.38. The zero-order chi connectivity index (χ0) is 18.4. The van der Waals surface area contributed by atoms with Gasteiger partial charge in [0.1, 0.15) is 5.82 Å². The van der Waals surface area contributed by atoms with Crippen LogP contribution in [0.1, 0.15) is 40.9 Å². The first kappa shape index (κ1) is 15.6. The lowest BCUT2D eigenvalue weighted by Gasteiger charge is -2.04. The largest absolute Gasteiger partial charge is 0.319 e. The molecule has 27 heavy (non-hydrogen) atoms. The minimum absolute atomic E-state index is 0.0658. The van der Waals surface area contributed by atoms with Crippen molar-refractivity contribution in [3.8, 4) is 11.4 Å². The molecule has 9 nitrogen and oxygen atoms in total. The van der Waals surface area contributed by atoms with E-state index in [1.165, 1.54) is 0 Å². The monoisotopic (exact) mass is 360 g/mol. The molecule has 0 atom stereocenters. The van der Waals surface area contributed by atoms with E-state index < -0.39 is 5.91 Å². The van der Waals surface area contributed by atoms with Gasteiger partial charge in [-0.25, -0.2) is 14.5 Å². The summed E-state index contributed by atoms with van der Waals surface area (Å²) < 4.78 is 1.54. The third kappa shape index (κ3) is 2.92. The van der Waals surface area contributed by atoms with Crippen molar-refractivity contribution in [1.29, 1.82) is 0 Å². The second-order valence-corrected chi connectivity index (χ2v) is 6.59. The topological polar surface area (TPSA) is 114 Å². The maximum atomic E-state index is 12.5. The number of H-pyrrole nitrogens is 1. The average Bonchev–Trinajstić information content (AvgIpc) is 3.23. The molecule has 1 aromatic carbocycles. The first-order chi connectivity index (χ1) is 13.2. The fraction of sp³-hybridized carbons (Fsp3) is 0.222. The predicted octanol–water partition coefficient (Wildman–Crippen LogP) is 2.35. The van der Waals surface area contributed by atoms with Gasteiger partial charge in [-0.3, -0.25) is 9.89 Å². The van der Waals surface area contributed by atoms with Crippen molar-refractivity contribution in [2.45, 2.75) is 25.7 Å². The van der Waals surface area contributed by atoms with Crippen LogP contribution in [0, 0.1) is 6.92 Å². The van der Waals surface area contributed by atoms with Crippen molar-refractivity contribution in [3.63, 3.8) is 0 Å². The molecule has 134 valence electrons. The Balaban J connectivity index is 1.39. The van der Waals surface area contributed by atoms with Gasteiger partial charge in [0.2, 0.25) is 5.82 Å². The molecule has 0 unspecified atom stereocenters. The molecule has 5 rings (SSSR count). The normalized spacial score (nSPS) is 13.8. The van der Waals surface area contributed by atoms with Crippen molar-refractivity contribution >= 4 is 17.4 Å². The summed E-state index contributed by atoms with van der Waals surface area (Å²) in [6.07, 6.45) is 3.95. The summed E-state index contributed by atoms with van der Waals surface area (Å²) in [5, 5.41) is 14.3. The third-order valence-corrected chi connectivity index (χ3v) is 4.48. The Kier molecular flexibility index (Phi) is 3.46. The number of nitrogens with one attached hydrogen (secondary N) is 2. The number of carbonyl (C=O) groups excluding carboxylic acids is 1. The number of rotatable bonds is 4. The van der Waals surface area contributed by atoms with Gasteiger partial charge in [0.05, 0.1) is 0 Å². The van der Waals surface area contributed by atoms with Crippen LogP contribution in [0.2, 0.25) is 0 Å². The van der Waals surface area contributed by atoms with Crippen molar-refractivity contribution in [2.75, 3.05) is 5.32 Å². The van der Waals surface area contributed by atoms with Crippen LogP contribution in [0.4, 0.5) is 5.69 Å². The van der Waals surface area contributed by atoms with Gasteiger partial charge < -0.3 is 5.32 Å². The van der Waals surface area contributed by atoms with E-state index in [4.69, 9.17) is 0 Å². The van der Waals surface area contributed by atoms with Crippen molar-refractivity contribution in [3.05, 3.63) is 53.9 Å². The average molecular weight is 360 g/mol. The summed E-state index contributed by atoms with van der Waals surface area (Å²) in [7, 11) is 0. The van der Waals surface area contributed by atoms with Gasteiger partial charge in [-0.1, -0.05) is 12.1 Å². The number of benzene rings is 1. The smallest absolute Gasteiger partial charge is 0.295 e. The van der Waals surface area contributed by atoms with E-state index in [9.17, 15) is 4.79 Å². The van der Waals surface area contributed by atoms with Gasteiger partial charge in [0.25, 0.3) is 11.7 Å². The van der Waals surface area contributed by atoms with E-state index in [-0.39, 0.29) is 5.82 Å². The molecule has 3 aromatic heterocycles. The van der Waals surface area contributed by atoms with Crippen molar-refractivity contribution < 1.29 is 4.79 Å². The number of aromatic nitrogens is 7. The molecule has 0 saturated heterocycles. The Morgan fingerprint density at radius 2 is 2.15 bits per heavy atom. The molecule has 1 fully saturated rings. The molecule has 0 spiro atoms. The molecular weight excluding hydrogens is 344 g/mol. The Morgan fingerprint density at radius 1 is 1.26 bits per heavy atom. The number of hydrogen-bond donors (Lipinski definition) is 2. The van der Waals surface area contributed by atoms with E-state index in [1.807, 2.05) is 25.1 Å². The zero-order valence-electron chi connectivity index (χ0n) is 14.5. The summed E-state index contributed by atoms with van der Waals surface area (Å²) in [5.41, 5.74) is 2.31. The van der Waals surface area contributed by atoms with Crippen LogP contribution in [0.25, 0.3) is 17.2 Å². The highest BCUT2D eigenvalue weighted by Gasteiger charge is 2.27. The number of nitrogens with zero attached hydrogens (tertiary/aromatic N) is 6. The summed E-state index contributed by atoms with van der Waals surface area (Å²) in [6.45, 7) is 1.88. The summed E-state index contributed by atoms with van der Waals surface area (Å²) in [4.78, 5) is 25.4. The molecule has 1 aliphatic carbocycles. The fourth-order valence-electron chi connectivity index (χ4n) is 2.87. The van der Waals surface area contributed by atoms with Crippen LogP contribution in [-0.4, -0.2) is 40.7 Å². The molecule has 0 radical (unpaired) electrons. The molecular formula is C18H16N8O. The first-order valence-electron chi connectivity index (χ1n) is 8.70. The highest BCUT2D eigenvalue weighted by atomic mass is 16.2. The quantitative estimate of drug-likeness (QED) is 0.577. The van der Waals surface area contributed by atoms with E-state index in [1.54, 1.807) is 22.8 Å².